The number of H-pyrrole nitrogens is 2. The molecule has 11 heteroatoms. The molecule has 2 aromatic carbocycles. The summed E-state index contributed by atoms with van der Waals surface area (Å²) in [5.74, 6) is 1.75. The summed E-state index contributed by atoms with van der Waals surface area (Å²) in [6, 6.07) is 11.6. The van der Waals surface area contributed by atoms with Gasteiger partial charge in [-0.2, -0.15) is 5.21 Å². The summed E-state index contributed by atoms with van der Waals surface area (Å²) in [4.78, 5) is 23.3. The van der Waals surface area contributed by atoms with Gasteiger partial charge in [-0.05, 0) is 66.8 Å². The van der Waals surface area contributed by atoms with Crippen molar-refractivity contribution >= 4 is 46.1 Å². The number of rotatable bonds is 7. The first-order valence-corrected chi connectivity index (χ1v) is 13.6. The molecule has 200 valence electrons. The maximum atomic E-state index is 12.6. The molecule has 1 amide bonds. The molecular formula is C27H32Cl2N8O. The Hall–Kier alpha value is -3.17. The van der Waals surface area contributed by atoms with E-state index in [0.717, 1.165) is 35.4 Å². The highest BCUT2D eigenvalue weighted by Gasteiger charge is 2.33. The topological polar surface area (TPSA) is 115 Å². The van der Waals surface area contributed by atoms with E-state index in [-0.39, 0.29) is 12.5 Å². The largest absolute Gasteiger partial charge is 0.345 e. The molecule has 9 nitrogen and oxygen atoms in total. The van der Waals surface area contributed by atoms with E-state index in [4.69, 9.17) is 28.2 Å². The molecule has 0 radical (unpaired) electrons. The molecule has 4 aromatic rings. The van der Waals surface area contributed by atoms with Crippen LogP contribution >= 0.6 is 23.2 Å². The molecular weight excluding hydrogens is 523 g/mol. The van der Waals surface area contributed by atoms with Gasteiger partial charge in [-0.1, -0.05) is 61.3 Å². The van der Waals surface area contributed by atoms with Crippen LogP contribution in [0.15, 0.2) is 36.4 Å². The van der Waals surface area contributed by atoms with Gasteiger partial charge in [-0.15, -0.1) is 10.2 Å². The summed E-state index contributed by atoms with van der Waals surface area (Å²) in [5, 5.41) is 17.4. The van der Waals surface area contributed by atoms with Crippen LogP contribution in [0.2, 0.25) is 10.0 Å². The predicted octanol–water partition coefficient (Wildman–Crippen LogP) is 5.92. The molecule has 0 unspecified atom stereocenters. The molecule has 0 saturated heterocycles. The van der Waals surface area contributed by atoms with E-state index in [1.807, 2.05) is 30.3 Å². The normalized spacial score (nSPS) is 18.0. The first-order valence-electron chi connectivity index (χ1n) is 12.9. The Morgan fingerprint density at radius 1 is 1.08 bits per heavy atom. The average molecular weight is 556 g/mol. The number of benzene rings is 2. The molecule has 0 atom stereocenters. The van der Waals surface area contributed by atoms with Crippen molar-refractivity contribution in [2.75, 3.05) is 4.90 Å². The lowest BCUT2D eigenvalue weighted by atomic mass is 9.71. The van der Waals surface area contributed by atoms with Crippen molar-refractivity contribution in [3.8, 4) is 0 Å². The van der Waals surface area contributed by atoms with Crippen molar-refractivity contribution in [1.82, 2.24) is 35.9 Å². The number of carbonyl (C=O) groups excluding carboxylic acids is 1. The fourth-order valence-corrected chi connectivity index (χ4v) is 5.56. The molecule has 38 heavy (non-hydrogen) atoms. The molecule has 0 aliphatic heterocycles. The zero-order valence-electron chi connectivity index (χ0n) is 21.8. The smallest absolute Gasteiger partial charge is 0.251 e. The van der Waals surface area contributed by atoms with Gasteiger partial charge in [0.1, 0.15) is 0 Å². The molecule has 3 N–H and O–H groups in total. The van der Waals surface area contributed by atoms with E-state index < -0.39 is 0 Å². The van der Waals surface area contributed by atoms with E-state index in [1.165, 1.54) is 12.8 Å². The first-order chi connectivity index (χ1) is 18.2. The summed E-state index contributed by atoms with van der Waals surface area (Å²) in [6.45, 7) is 7.88. The standard InChI is InChI=1S/C27H32Cl2N8O/c1-27(2,3)18-8-10-19(11-9-18)37(26-31-22-12-20(28)21(29)13-23(22)32-26)15-16-4-6-17(7-5-16)25(38)30-14-24-33-35-36-34-24/h4-7,12-13,18-19H,8-11,14-15H2,1-3H3,(H,30,38)(H,31,32)(H,33,34,35,36). The number of hydrogen-bond donors (Lipinski definition) is 3. The van der Waals surface area contributed by atoms with E-state index in [0.29, 0.717) is 45.4 Å². The van der Waals surface area contributed by atoms with E-state index >= 15 is 0 Å². The summed E-state index contributed by atoms with van der Waals surface area (Å²) in [5.41, 5.74) is 3.62. The van der Waals surface area contributed by atoms with Crippen LogP contribution in [-0.4, -0.2) is 42.5 Å². The lowest BCUT2D eigenvalue weighted by molar-refractivity contribution is 0.0950. The first kappa shape index (κ1) is 26.4. The van der Waals surface area contributed by atoms with Gasteiger partial charge in [-0.25, -0.2) is 4.98 Å². The van der Waals surface area contributed by atoms with E-state index in [2.05, 4.69) is 56.6 Å². The highest BCUT2D eigenvalue weighted by atomic mass is 35.5. The van der Waals surface area contributed by atoms with Crippen molar-refractivity contribution in [3.05, 3.63) is 63.4 Å². The molecule has 1 aliphatic rings. The number of carbonyl (C=O) groups is 1. The van der Waals surface area contributed by atoms with Crippen LogP contribution in [0, 0.1) is 11.3 Å². The number of imidazole rings is 1. The SMILES string of the molecule is CC(C)(C)C1CCC(N(Cc2ccc(C(=O)NCc3nn[nH]n3)cc2)c2nc3cc(Cl)c(Cl)cc3[nH]2)CC1. The Morgan fingerprint density at radius 3 is 2.45 bits per heavy atom. The fraction of sp³-hybridized carbons (Fsp3) is 0.444. The second kappa shape index (κ2) is 10.9. The zero-order chi connectivity index (χ0) is 26.9. The molecule has 2 aromatic heterocycles. The molecule has 1 aliphatic carbocycles. The van der Waals surface area contributed by atoms with Crippen LogP contribution in [0.25, 0.3) is 11.0 Å². The number of tetrazole rings is 1. The highest BCUT2D eigenvalue weighted by molar-refractivity contribution is 6.42. The third-order valence-corrected chi connectivity index (χ3v) is 8.23. The van der Waals surface area contributed by atoms with Crippen molar-refractivity contribution in [2.24, 2.45) is 11.3 Å². The Kier molecular flexibility index (Phi) is 7.59. The minimum atomic E-state index is -0.190. The van der Waals surface area contributed by atoms with E-state index in [1.54, 1.807) is 6.07 Å². The van der Waals surface area contributed by atoms with Gasteiger partial charge in [-0.3, -0.25) is 4.79 Å². The summed E-state index contributed by atoms with van der Waals surface area (Å²) >= 11 is 12.5. The number of hydrogen-bond acceptors (Lipinski definition) is 6. The summed E-state index contributed by atoms with van der Waals surface area (Å²) < 4.78 is 0. The Bertz CT molecular complexity index is 1350. The quantitative estimate of drug-likeness (QED) is 0.261. The number of fused-ring (bicyclic) bond motifs is 1. The van der Waals surface area contributed by atoms with Gasteiger partial charge in [0.25, 0.3) is 5.91 Å². The molecule has 1 fully saturated rings. The van der Waals surface area contributed by atoms with Crippen molar-refractivity contribution in [3.63, 3.8) is 0 Å². The maximum Gasteiger partial charge on any atom is 0.251 e. The molecule has 1 saturated carbocycles. The highest BCUT2D eigenvalue weighted by Crippen LogP contribution is 2.40. The number of halogens is 2. The van der Waals surface area contributed by atoms with Gasteiger partial charge in [0, 0.05) is 18.2 Å². The Balaban J connectivity index is 1.35. The monoisotopic (exact) mass is 554 g/mol. The van der Waals surface area contributed by atoms with Gasteiger partial charge < -0.3 is 15.2 Å². The second-order valence-electron chi connectivity index (χ2n) is 11.1. The molecule has 0 bridgehead atoms. The van der Waals surface area contributed by atoms with Crippen LogP contribution in [-0.2, 0) is 13.1 Å². The van der Waals surface area contributed by atoms with Gasteiger partial charge in [0.15, 0.2) is 5.82 Å². The number of aromatic amines is 2. The van der Waals surface area contributed by atoms with Gasteiger partial charge in [0.05, 0.1) is 27.6 Å². The van der Waals surface area contributed by atoms with Crippen LogP contribution in [0.1, 0.15) is 68.2 Å². The van der Waals surface area contributed by atoms with Gasteiger partial charge >= 0.3 is 0 Å². The third kappa shape index (κ3) is 5.94. The molecule has 0 spiro atoms. The fourth-order valence-electron chi connectivity index (χ4n) is 5.23. The minimum Gasteiger partial charge on any atom is -0.345 e. The number of aromatic nitrogens is 6. The minimum absolute atomic E-state index is 0.190. The Labute approximate surface area is 231 Å². The van der Waals surface area contributed by atoms with Gasteiger partial charge in [0.2, 0.25) is 5.95 Å². The lowest BCUT2D eigenvalue weighted by Crippen LogP contribution is -2.40. The third-order valence-electron chi connectivity index (χ3n) is 7.51. The maximum absolute atomic E-state index is 12.6. The predicted molar refractivity (Wildman–Crippen MR) is 149 cm³/mol. The van der Waals surface area contributed by atoms with Crippen LogP contribution in [0.3, 0.4) is 0 Å². The number of nitrogens with zero attached hydrogens (tertiary/aromatic N) is 5. The van der Waals surface area contributed by atoms with Crippen LogP contribution < -0.4 is 10.2 Å². The number of amides is 1. The van der Waals surface area contributed by atoms with Crippen molar-refractivity contribution < 1.29 is 4.79 Å². The number of anilines is 1. The molecule has 5 rings (SSSR count). The van der Waals surface area contributed by atoms with E-state index in [9.17, 15) is 4.79 Å². The van der Waals surface area contributed by atoms with Crippen molar-refractivity contribution in [1.29, 1.82) is 0 Å². The molecule has 2 heterocycles. The Morgan fingerprint density at radius 2 is 1.79 bits per heavy atom. The van der Waals surface area contributed by atoms with Crippen LogP contribution in [0.4, 0.5) is 5.95 Å². The lowest BCUT2D eigenvalue weighted by Gasteiger charge is -2.41. The van der Waals surface area contributed by atoms with Crippen molar-refractivity contribution in [2.45, 2.75) is 65.6 Å². The van der Waals surface area contributed by atoms with Crippen LogP contribution in [0.5, 0.6) is 0 Å². The average Bonchev–Trinajstić information content (AvgIpc) is 3.56. The second-order valence-corrected chi connectivity index (χ2v) is 11.9. The zero-order valence-corrected chi connectivity index (χ0v) is 23.3. The summed E-state index contributed by atoms with van der Waals surface area (Å²) in [6.07, 6.45) is 4.55. The summed E-state index contributed by atoms with van der Waals surface area (Å²) in [7, 11) is 0. The number of nitrogens with one attached hydrogen (secondary N) is 3.